The van der Waals surface area contributed by atoms with Gasteiger partial charge in [0, 0.05) is 11.9 Å². The Morgan fingerprint density at radius 2 is 2.46 bits per heavy atom. The van der Waals surface area contributed by atoms with Gasteiger partial charge in [0.1, 0.15) is 0 Å². The smallest absolute Gasteiger partial charge is 0.212 e. The monoisotopic (exact) mass is 195 g/mol. The van der Waals surface area contributed by atoms with E-state index in [1.54, 1.807) is 10.9 Å². The largest absolute Gasteiger partial charge is 0.325 e. The van der Waals surface area contributed by atoms with Crippen LogP contribution in [-0.2, 0) is 6.54 Å². The number of aryl methyl sites for hydroxylation is 1. The van der Waals surface area contributed by atoms with E-state index >= 15 is 0 Å². The van der Waals surface area contributed by atoms with Gasteiger partial charge >= 0.3 is 0 Å². The molecule has 0 aliphatic heterocycles. The Hall–Kier alpha value is -1.27. The van der Waals surface area contributed by atoms with Crippen LogP contribution in [0.15, 0.2) is 11.6 Å². The number of nitrogens with two attached hydrogens (primary N) is 1. The topological polar surface area (TPSA) is 69.6 Å². The molecule has 0 amide bonds. The van der Waals surface area contributed by atoms with Gasteiger partial charge in [0.2, 0.25) is 5.13 Å². The summed E-state index contributed by atoms with van der Waals surface area (Å²) < 4.78 is 1.66. The van der Waals surface area contributed by atoms with Gasteiger partial charge in [-0.3, -0.25) is 0 Å². The van der Waals surface area contributed by atoms with Crippen molar-refractivity contribution in [3.8, 4) is 5.13 Å². The maximum absolute atomic E-state index is 5.52. The van der Waals surface area contributed by atoms with Gasteiger partial charge in [0.15, 0.2) is 0 Å². The summed E-state index contributed by atoms with van der Waals surface area (Å²) in [4.78, 5) is 4.29. The molecule has 0 saturated heterocycles. The van der Waals surface area contributed by atoms with Gasteiger partial charge in [0.25, 0.3) is 0 Å². The third kappa shape index (κ3) is 1.45. The van der Waals surface area contributed by atoms with Crippen molar-refractivity contribution in [2.24, 2.45) is 5.73 Å². The molecule has 0 spiro atoms. The van der Waals surface area contributed by atoms with E-state index in [2.05, 4.69) is 15.3 Å². The van der Waals surface area contributed by atoms with E-state index in [0.717, 1.165) is 16.5 Å². The van der Waals surface area contributed by atoms with Gasteiger partial charge in [-0.25, -0.2) is 4.98 Å². The number of thiazole rings is 1. The summed E-state index contributed by atoms with van der Waals surface area (Å²) in [5.41, 5.74) is 7.37. The quantitative estimate of drug-likeness (QED) is 0.757. The van der Waals surface area contributed by atoms with Crippen LogP contribution in [0.5, 0.6) is 0 Å². The van der Waals surface area contributed by atoms with Gasteiger partial charge in [-0.1, -0.05) is 5.21 Å². The highest BCUT2D eigenvalue weighted by Crippen LogP contribution is 2.14. The molecule has 2 aromatic heterocycles. The highest BCUT2D eigenvalue weighted by atomic mass is 32.1. The third-order valence-corrected chi connectivity index (χ3v) is 2.55. The number of hydrogen-bond donors (Lipinski definition) is 1. The van der Waals surface area contributed by atoms with Crippen molar-refractivity contribution in [2.45, 2.75) is 13.5 Å². The molecule has 5 nitrogen and oxygen atoms in total. The predicted molar refractivity (Wildman–Crippen MR) is 49.7 cm³/mol. The summed E-state index contributed by atoms with van der Waals surface area (Å²) in [6.45, 7) is 2.37. The summed E-state index contributed by atoms with van der Waals surface area (Å²) in [7, 11) is 0. The number of rotatable bonds is 2. The molecule has 0 aliphatic rings. The van der Waals surface area contributed by atoms with Gasteiger partial charge in [0.05, 0.1) is 17.6 Å². The van der Waals surface area contributed by atoms with E-state index in [1.807, 2.05) is 12.3 Å². The molecule has 0 bridgehead atoms. The zero-order valence-corrected chi connectivity index (χ0v) is 7.95. The molecular weight excluding hydrogens is 186 g/mol. The highest BCUT2D eigenvalue weighted by Gasteiger charge is 2.07. The minimum atomic E-state index is 0.422. The molecule has 2 rings (SSSR count). The van der Waals surface area contributed by atoms with Crippen molar-refractivity contribution in [1.29, 1.82) is 0 Å². The van der Waals surface area contributed by atoms with E-state index < -0.39 is 0 Å². The van der Waals surface area contributed by atoms with Crippen molar-refractivity contribution < 1.29 is 0 Å². The molecule has 0 aliphatic carbocycles. The molecule has 0 fully saturated rings. The lowest BCUT2D eigenvalue weighted by Crippen LogP contribution is -2.06. The van der Waals surface area contributed by atoms with Crippen LogP contribution in [0.2, 0.25) is 0 Å². The first-order chi connectivity index (χ1) is 6.31. The zero-order valence-electron chi connectivity index (χ0n) is 7.14. The van der Waals surface area contributed by atoms with Crippen LogP contribution in [0, 0.1) is 6.92 Å². The molecule has 2 N–H and O–H groups in total. The SMILES string of the molecule is Cc1csc(-n2nncc2CN)n1. The van der Waals surface area contributed by atoms with E-state index in [1.165, 1.54) is 11.3 Å². The molecule has 0 saturated carbocycles. The lowest BCUT2D eigenvalue weighted by Gasteiger charge is -1.97. The van der Waals surface area contributed by atoms with Crippen molar-refractivity contribution >= 4 is 11.3 Å². The van der Waals surface area contributed by atoms with E-state index in [4.69, 9.17) is 5.73 Å². The molecule has 2 aromatic rings. The number of aromatic nitrogens is 4. The first-order valence-electron chi connectivity index (χ1n) is 3.83. The first kappa shape index (κ1) is 8.33. The summed E-state index contributed by atoms with van der Waals surface area (Å²) in [6.07, 6.45) is 1.65. The molecule has 0 unspecified atom stereocenters. The lowest BCUT2D eigenvalue weighted by molar-refractivity contribution is 0.754. The maximum Gasteiger partial charge on any atom is 0.212 e. The third-order valence-electron chi connectivity index (χ3n) is 1.62. The normalized spacial score (nSPS) is 10.6. The predicted octanol–water partition coefficient (Wildman–Crippen LogP) is 0.491. The maximum atomic E-state index is 5.52. The fourth-order valence-electron chi connectivity index (χ4n) is 0.995. The zero-order chi connectivity index (χ0) is 9.26. The Morgan fingerprint density at radius 1 is 1.62 bits per heavy atom. The number of nitrogens with zero attached hydrogens (tertiary/aromatic N) is 4. The lowest BCUT2D eigenvalue weighted by atomic mass is 10.5. The van der Waals surface area contributed by atoms with Crippen LogP contribution < -0.4 is 5.73 Å². The van der Waals surface area contributed by atoms with E-state index in [0.29, 0.717) is 6.54 Å². The molecule has 0 aromatic carbocycles. The van der Waals surface area contributed by atoms with Crippen molar-refractivity contribution in [1.82, 2.24) is 20.0 Å². The fraction of sp³-hybridized carbons (Fsp3) is 0.286. The van der Waals surface area contributed by atoms with Gasteiger partial charge in [-0.2, -0.15) is 4.68 Å². The molecule has 13 heavy (non-hydrogen) atoms. The van der Waals surface area contributed by atoms with Crippen LogP contribution in [0.4, 0.5) is 0 Å². The van der Waals surface area contributed by atoms with Gasteiger partial charge < -0.3 is 5.73 Å². The molecule has 6 heteroatoms. The van der Waals surface area contributed by atoms with Crippen LogP contribution in [0.3, 0.4) is 0 Å². The fourth-order valence-corrected chi connectivity index (χ4v) is 1.77. The standard InChI is InChI=1S/C7H9N5S/c1-5-4-13-7(10-5)12-6(2-8)3-9-11-12/h3-4H,2,8H2,1H3. The van der Waals surface area contributed by atoms with Crippen LogP contribution >= 0.6 is 11.3 Å². The Kier molecular flexibility index (Phi) is 2.07. The van der Waals surface area contributed by atoms with Crippen molar-refractivity contribution in [3.05, 3.63) is 23.0 Å². The molecule has 0 atom stereocenters. The molecule has 68 valence electrons. The van der Waals surface area contributed by atoms with E-state index in [-0.39, 0.29) is 0 Å². The van der Waals surface area contributed by atoms with Gasteiger partial charge in [-0.05, 0) is 6.92 Å². The molecular formula is C7H9N5S. The van der Waals surface area contributed by atoms with Gasteiger partial charge in [-0.15, -0.1) is 16.4 Å². The Labute approximate surface area is 79.2 Å². The number of hydrogen-bond acceptors (Lipinski definition) is 5. The Bertz CT molecular complexity index is 404. The summed E-state index contributed by atoms with van der Waals surface area (Å²) in [6, 6.07) is 0. The minimum absolute atomic E-state index is 0.422. The van der Waals surface area contributed by atoms with Crippen molar-refractivity contribution in [2.75, 3.05) is 0 Å². The first-order valence-corrected chi connectivity index (χ1v) is 4.71. The second-order valence-corrected chi connectivity index (χ2v) is 3.45. The average molecular weight is 195 g/mol. The van der Waals surface area contributed by atoms with Crippen LogP contribution in [-0.4, -0.2) is 20.0 Å². The second kappa shape index (κ2) is 3.23. The summed E-state index contributed by atoms with van der Waals surface area (Å²) in [5, 5.41) is 10.5. The second-order valence-electron chi connectivity index (χ2n) is 2.61. The van der Waals surface area contributed by atoms with Crippen LogP contribution in [0.25, 0.3) is 5.13 Å². The Balaban J connectivity index is 2.45. The summed E-state index contributed by atoms with van der Waals surface area (Å²) in [5.74, 6) is 0. The average Bonchev–Trinajstić information content (AvgIpc) is 2.71. The van der Waals surface area contributed by atoms with Crippen molar-refractivity contribution in [3.63, 3.8) is 0 Å². The highest BCUT2D eigenvalue weighted by molar-refractivity contribution is 7.12. The van der Waals surface area contributed by atoms with E-state index in [9.17, 15) is 0 Å². The molecule has 0 radical (unpaired) electrons. The Morgan fingerprint density at radius 3 is 3.08 bits per heavy atom. The minimum Gasteiger partial charge on any atom is -0.325 e. The van der Waals surface area contributed by atoms with Crippen LogP contribution in [0.1, 0.15) is 11.4 Å². The summed E-state index contributed by atoms with van der Waals surface area (Å²) >= 11 is 1.53. The molecule has 2 heterocycles.